The summed E-state index contributed by atoms with van der Waals surface area (Å²) < 4.78 is 0. The summed E-state index contributed by atoms with van der Waals surface area (Å²) in [5, 5.41) is 14.3. The average Bonchev–Trinajstić information content (AvgIpc) is 3.18. The molecule has 1 aliphatic rings. The number of amides is 3. The minimum Gasteiger partial charge on any atom is -0.480 e. The molecule has 0 aromatic rings. The molecule has 11 heteroatoms. The number of thioether (sulfide) groups is 1. The lowest BCUT2D eigenvalue weighted by atomic mass is 10.0. The number of carbonyl (C=O) groups excluding carboxylic acids is 3. The number of rotatable bonds is 12. The van der Waals surface area contributed by atoms with Crippen LogP contribution in [0.3, 0.4) is 0 Å². The third-order valence-corrected chi connectivity index (χ3v) is 5.94. The molecular weight excluding hydrogens is 428 g/mol. The Hall–Kier alpha value is -1.46. The van der Waals surface area contributed by atoms with Crippen molar-refractivity contribution in [3.05, 3.63) is 0 Å². The molecule has 1 saturated heterocycles. The van der Waals surface area contributed by atoms with Crippen molar-refractivity contribution in [2.75, 3.05) is 24.3 Å². The van der Waals surface area contributed by atoms with Crippen LogP contribution in [-0.4, -0.2) is 82.2 Å². The average molecular weight is 463 g/mol. The molecule has 30 heavy (non-hydrogen) atoms. The van der Waals surface area contributed by atoms with Gasteiger partial charge in [0.25, 0.3) is 0 Å². The summed E-state index contributed by atoms with van der Waals surface area (Å²) >= 11 is 5.54. The van der Waals surface area contributed by atoms with Crippen molar-refractivity contribution in [2.24, 2.45) is 11.7 Å². The lowest BCUT2D eigenvalue weighted by Gasteiger charge is -2.30. The van der Waals surface area contributed by atoms with Gasteiger partial charge in [0.15, 0.2) is 0 Å². The molecule has 172 valence electrons. The first-order valence-electron chi connectivity index (χ1n) is 10.1. The molecule has 0 spiro atoms. The maximum atomic E-state index is 13.2. The highest BCUT2D eigenvalue weighted by Crippen LogP contribution is 2.21. The molecule has 3 amide bonds. The summed E-state index contributed by atoms with van der Waals surface area (Å²) in [4.78, 5) is 50.9. The number of hydrogen-bond acceptors (Lipinski definition) is 7. The minimum absolute atomic E-state index is 0.0539. The summed E-state index contributed by atoms with van der Waals surface area (Å²) in [6.45, 7) is 4.26. The van der Waals surface area contributed by atoms with Gasteiger partial charge in [0.05, 0.1) is 6.04 Å². The van der Waals surface area contributed by atoms with E-state index < -0.39 is 36.0 Å². The maximum Gasteiger partial charge on any atom is 0.327 e. The lowest BCUT2D eigenvalue weighted by Crippen LogP contribution is -2.57. The SMILES string of the molecule is CSCCC(N)C(=O)NC(CC(C)C)C(=O)N1CCCC1C(=O)NC(CS)C(=O)O. The zero-order chi connectivity index (χ0) is 22.8. The molecule has 0 radical (unpaired) electrons. The molecule has 1 heterocycles. The van der Waals surface area contributed by atoms with Gasteiger partial charge in [-0.25, -0.2) is 4.79 Å². The van der Waals surface area contributed by atoms with Gasteiger partial charge in [-0.3, -0.25) is 14.4 Å². The maximum absolute atomic E-state index is 13.2. The number of aliphatic carboxylic acids is 1. The summed E-state index contributed by atoms with van der Waals surface area (Å²) in [5.41, 5.74) is 5.93. The van der Waals surface area contributed by atoms with Gasteiger partial charge in [-0.05, 0) is 43.6 Å². The third kappa shape index (κ3) is 7.99. The van der Waals surface area contributed by atoms with Gasteiger partial charge in [0.2, 0.25) is 17.7 Å². The van der Waals surface area contributed by atoms with E-state index in [0.29, 0.717) is 32.2 Å². The van der Waals surface area contributed by atoms with E-state index in [9.17, 15) is 19.2 Å². The van der Waals surface area contributed by atoms with Gasteiger partial charge >= 0.3 is 5.97 Å². The monoisotopic (exact) mass is 462 g/mol. The third-order valence-electron chi connectivity index (χ3n) is 4.93. The number of nitrogens with one attached hydrogen (secondary N) is 2. The quantitative estimate of drug-likeness (QED) is 0.259. The number of carboxylic acid groups (broad SMARTS) is 1. The van der Waals surface area contributed by atoms with Crippen LogP contribution in [0.5, 0.6) is 0 Å². The molecule has 9 nitrogen and oxygen atoms in total. The van der Waals surface area contributed by atoms with Crippen LogP contribution in [0.25, 0.3) is 0 Å². The van der Waals surface area contributed by atoms with Crippen LogP contribution < -0.4 is 16.4 Å². The minimum atomic E-state index is -1.18. The number of thiol groups is 1. The summed E-state index contributed by atoms with van der Waals surface area (Å²) in [5.74, 6) is -1.61. The highest BCUT2D eigenvalue weighted by molar-refractivity contribution is 7.98. The predicted octanol–water partition coefficient (Wildman–Crippen LogP) is 0.0879. The highest BCUT2D eigenvalue weighted by Gasteiger charge is 2.39. The van der Waals surface area contributed by atoms with E-state index in [1.54, 1.807) is 11.8 Å². The van der Waals surface area contributed by atoms with Gasteiger partial charge in [-0.1, -0.05) is 13.8 Å². The van der Waals surface area contributed by atoms with Crippen LogP contribution in [0.2, 0.25) is 0 Å². The smallest absolute Gasteiger partial charge is 0.327 e. The molecule has 1 aliphatic heterocycles. The number of carbonyl (C=O) groups is 4. The zero-order valence-corrected chi connectivity index (χ0v) is 19.5. The molecule has 0 aromatic carbocycles. The van der Waals surface area contributed by atoms with Gasteiger partial charge in [-0.2, -0.15) is 24.4 Å². The molecule has 1 rings (SSSR count). The van der Waals surface area contributed by atoms with Crippen molar-refractivity contribution in [1.82, 2.24) is 15.5 Å². The molecule has 0 aromatic heterocycles. The molecular formula is C19H34N4O5S2. The van der Waals surface area contributed by atoms with Crippen LogP contribution >= 0.6 is 24.4 Å². The van der Waals surface area contributed by atoms with Crippen molar-refractivity contribution in [3.8, 4) is 0 Å². The molecule has 0 bridgehead atoms. The van der Waals surface area contributed by atoms with E-state index in [1.807, 2.05) is 20.1 Å². The van der Waals surface area contributed by atoms with E-state index >= 15 is 0 Å². The van der Waals surface area contributed by atoms with Crippen LogP contribution in [0.1, 0.15) is 39.5 Å². The topological polar surface area (TPSA) is 142 Å². The van der Waals surface area contributed by atoms with Crippen LogP contribution in [0.15, 0.2) is 0 Å². The number of nitrogens with two attached hydrogens (primary N) is 1. The Labute approximate surface area is 187 Å². The molecule has 5 N–H and O–H groups in total. The number of nitrogens with zero attached hydrogens (tertiary/aromatic N) is 1. The number of hydrogen-bond donors (Lipinski definition) is 5. The van der Waals surface area contributed by atoms with Crippen molar-refractivity contribution >= 4 is 48.1 Å². The Morgan fingerprint density at radius 2 is 1.90 bits per heavy atom. The van der Waals surface area contributed by atoms with Gasteiger partial charge in [0.1, 0.15) is 18.1 Å². The van der Waals surface area contributed by atoms with Crippen molar-refractivity contribution in [1.29, 1.82) is 0 Å². The molecule has 1 fully saturated rings. The summed E-state index contributed by atoms with van der Waals surface area (Å²) in [7, 11) is 0. The number of carboxylic acids is 1. The Balaban J connectivity index is 2.89. The van der Waals surface area contributed by atoms with Gasteiger partial charge < -0.3 is 26.4 Å². The molecule has 4 atom stereocenters. The lowest BCUT2D eigenvalue weighted by molar-refractivity contribution is -0.144. The molecule has 0 aliphatic carbocycles. The predicted molar refractivity (Wildman–Crippen MR) is 121 cm³/mol. The second-order valence-corrected chi connectivity index (χ2v) is 9.20. The highest BCUT2D eigenvalue weighted by atomic mass is 32.2. The normalized spacial score (nSPS) is 19.3. The van der Waals surface area contributed by atoms with E-state index in [-0.39, 0.29) is 23.5 Å². The standard InChI is InChI=1S/C19H34N4O5S2/c1-11(2)9-13(21-16(24)12(20)6-8-30-3)18(26)23-7-4-5-15(23)17(25)22-14(10-29)19(27)28/h11-15,29H,4-10,20H2,1-3H3,(H,21,24)(H,22,25)(H,27,28). The van der Waals surface area contributed by atoms with Crippen molar-refractivity contribution < 1.29 is 24.3 Å². The van der Waals surface area contributed by atoms with Crippen LogP contribution in [-0.2, 0) is 19.2 Å². The van der Waals surface area contributed by atoms with Crippen LogP contribution in [0, 0.1) is 5.92 Å². The largest absolute Gasteiger partial charge is 0.480 e. The van der Waals surface area contributed by atoms with Crippen molar-refractivity contribution in [2.45, 2.75) is 63.7 Å². The summed E-state index contributed by atoms with van der Waals surface area (Å²) in [6, 6.07) is -3.38. The van der Waals surface area contributed by atoms with Gasteiger partial charge in [-0.15, -0.1) is 0 Å². The van der Waals surface area contributed by atoms with Crippen LogP contribution in [0.4, 0.5) is 0 Å². The first-order valence-corrected chi connectivity index (χ1v) is 12.1. The van der Waals surface area contributed by atoms with E-state index in [0.717, 1.165) is 5.75 Å². The second kappa shape index (κ2) is 13.1. The first kappa shape index (κ1) is 26.6. The van der Waals surface area contributed by atoms with E-state index in [4.69, 9.17) is 10.8 Å². The Morgan fingerprint density at radius 3 is 2.43 bits per heavy atom. The Kier molecular flexibility index (Phi) is 11.6. The first-order chi connectivity index (χ1) is 14.1. The fraction of sp³-hybridized carbons (Fsp3) is 0.789. The molecule has 4 unspecified atom stereocenters. The Morgan fingerprint density at radius 1 is 1.23 bits per heavy atom. The number of likely N-dealkylation sites (tertiary alicyclic amines) is 1. The summed E-state index contributed by atoms with van der Waals surface area (Å²) in [6.07, 6.45) is 3.91. The fourth-order valence-electron chi connectivity index (χ4n) is 3.30. The zero-order valence-electron chi connectivity index (χ0n) is 17.8. The molecule has 0 saturated carbocycles. The van der Waals surface area contributed by atoms with E-state index in [2.05, 4.69) is 23.3 Å². The van der Waals surface area contributed by atoms with E-state index in [1.165, 1.54) is 4.90 Å². The second-order valence-electron chi connectivity index (χ2n) is 7.85. The van der Waals surface area contributed by atoms with Crippen molar-refractivity contribution in [3.63, 3.8) is 0 Å². The fourth-order valence-corrected chi connectivity index (χ4v) is 4.04. The van der Waals surface area contributed by atoms with Gasteiger partial charge in [0, 0.05) is 12.3 Å². The Bertz CT molecular complexity index is 620.